The van der Waals surface area contributed by atoms with Gasteiger partial charge in [-0.1, -0.05) is 35.3 Å². The Labute approximate surface area is 156 Å². The number of para-hydroxylation sites is 1. The minimum atomic E-state index is -3.85. The smallest absolute Gasteiger partial charge is 0.264 e. The van der Waals surface area contributed by atoms with Crippen molar-refractivity contribution in [3.63, 3.8) is 0 Å². The van der Waals surface area contributed by atoms with Crippen LogP contribution in [-0.4, -0.2) is 23.2 Å². The number of halogens is 2. The molecule has 2 heterocycles. The summed E-state index contributed by atoms with van der Waals surface area (Å²) < 4.78 is 29.8. The van der Waals surface area contributed by atoms with Gasteiger partial charge in [0.1, 0.15) is 15.6 Å². The summed E-state index contributed by atoms with van der Waals surface area (Å²) in [6.07, 6.45) is 1.57. The van der Waals surface area contributed by atoms with E-state index in [1.807, 2.05) is 13.1 Å². The van der Waals surface area contributed by atoms with Crippen LogP contribution in [0.3, 0.4) is 0 Å². The quantitative estimate of drug-likeness (QED) is 0.670. The number of sulfonamides is 1. The molecule has 0 spiro atoms. The van der Waals surface area contributed by atoms with Gasteiger partial charge in [-0.3, -0.25) is 4.72 Å². The van der Waals surface area contributed by atoms with E-state index in [1.165, 1.54) is 17.8 Å². The van der Waals surface area contributed by atoms with Gasteiger partial charge >= 0.3 is 0 Å². The lowest BCUT2D eigenvalue weighted by atomic mass is 10.3. The molecule has 0 fully saturated rings. The van der Waals surface area contributed by atoms with Gasteiger partial charge in [-0.05, 0) is 30.0 Å². The van der Waals surface area contributed by atoms with Crippen molar-refractivity contribution in [1.29, 1.82) is 0 Å². The molecule has 2 aromatic heterocycles. The molecule has 3 aromatic rings. The molecule has 1 aromatic carbocycles. The maximum atomic E-state index is 12.6. The molecule has 0 aliphatic carbocycles. The van der Waals surface area contributed by atoms with Gasteiger partial charge in [0.15, 0.2) is 5.16 Å². The normalized spacial score (nSPS) is 11.6. The van der Waals surface area contributed by atoms with E-state index in [2.05, 4.69) is 14.9 Å². The van der Waals surface area contributed by atoms with Crippen LogP contribution in [0.4, 0.5) is 5.69 Å². The Balaban J connectivity index is 1.93. The van der Waals surface area contributed by atoms with Crippen LogP contribution in [0.5, 0.6) is 0 Å². The second-order valence-corrected chi connectivity index (χ2v) is 9.56. The Hall–Kier alpha value is -1.26. The summed E-state index contributed by atoms with van der Waals surface area (Å²) in [6.45, 7) is 0. The predicted molar refractivity (Wildman–Crippen MR) is 96.7 cm³/mol. The Morgan fingerprint density at radius 3 is 2.67 bits per heavy atom. The zero-order chi connectivity index (χ0) is 17.3. The lowest BCUT2D eigenvalue weighted by Gasteiger charge is -2.11. The number of aromatic nitrogens is 3. The van der Waals surface area contributed by atoms with Gasteiger partial charge in [0.05, 0.1) is 10.0 Å². The van der Waals surface area contributed by atoms with Gasteiger partial charge in [-0.2, -0.15) is 0 Å². The van der Waals surface area contributed by atoms with Crippen molar-refractivity contribution in [2.75, 3.05) is 4.72 Å². The van der Waals surface area contributed by atoms with Crippen molar-refractivity contribution in [1.82, 2.24) is 14.8 Å². The summed E-state index contributed by atoms with van der Waals surface area (Å²) in [5.41, 5.74) is 0.420. The Morgan fingerprint density at radius 1 is 1.29 bits per heavy atom. The van der Waals surface area contributed by atoms with Gasteiger partial charge in [0.25, 0.3) is 10.0 Å². The molecule has 0 unspecified atom stereocenters. The van der Waals surface area contributed by atoms with E-state index in [-0.39, 0.29) is 9.23 Å². The summed E-state index contributed by atoms with van der Waals surface area (Å²) in [6, 6.07) is 8.33. The third-order valence-corrected chi connectivity index (χ3v) is 7.16. The highest BCUT2D eigenvalue weighted by molar-refractivity contribution is 7.99. The molecule has 3 rings (SSSR count). The first-order chi connectivity index (χ1) is 11.4. The summed E-state index contributed by atoms with van der Waals surface area (Å²) >= 11 is 14.1. The fourth-order valence-corrected chi connectivity index (χ4v) is 5.96. The molecule has 0 aliphatic rings. The van der Waals surface area contributed by atoms with Crippen molar-refractivity contribution >= 4 is 62.0 Å². The van der Waals surface area contributed by atoms with E-state index in [0.29, 0.717) is 20.1 Å². The number of hydrogen-bond acceptors (Lipinski definition) is 6. The summed E-state index contributed by atoms with van der Waals surface area (Å²) in [5, 5.41) is 8.43. The number of hydrogen-bond donors (Lipinski definition) is 1. The summed E-state index contributed by atoms with van der Waals surface area (Å²) in [5.74, 6) is 0. The first-order valence-corrected chi connectivity index (χ1v) is 10.3. The molecule has 24 heavy (non-hydrogen) atoms. The SMILES string of the molecule is Cn1cnnc1Sc1ccccc1NS(=O)(=O)c1cc(Cl)sc1Cl. The second-order valence-electron chi connectivity index (χ2n) is 4.62. The number of anilines is 1. The van der Waals surface area contributed by atoms with E-state index in [0.717, 1.165) is 11.3 Å². The Kier molecular flexibility index (Phi) is 5.07. The van der Waals surface area contributed by atoms with E-state index < -0.39 is 10.0 Å². The number of rotatable bonds is 5. The van der Waals surface area contributed by atoms with Gasteiger partial charge in [-0.15, -0.1) is 21.5 Å². The maximum absolute atomic E-state index is 12.6. The van der Waals surface area contributed by atoms with Crippen LogP contribution in [0.25, 0.3) is 0 Å². The van der Waals surface area contributed by atoms with Crippen LogP contribution in [0.2, 0.25) is 8.67 Å². The summed E-state index contributed by atoms with van der Waals surface area (Å²) in [4.78, 5) is 0.646. The maximum Gasteiger partial charge on any atom is 0.264 e. The largest absolute Gasteiger partial charge is 0.311 e. The van der Waals surface area contributed by atoms with Gasteiger partial charge < -0.3 is 4.57 Å². The van der Waals surface area contributed by atoms with Crippen LogP contribution in [0, 0.1) is 0 Å². The Bertz CT molecular complexity index is 985. The van der Waals surface area contributed by atoms with Gasteiger partial charge in [0, 0.05) is 11.9 Å². The highest BCUT2D eigenvalue weighted by Gasteiger charge is 2.22. The molecule has 0 saturated carbocycles. The molecule has 0 atom stereocenters. The third kappa shape index (κ3) is 3.70. The van der Waals surface area contributed by atoms with Crippen LogP contribution in [0.1, 0.15) is 0 Å². The highest BCUT2D eigenvalue weighted by Crippen LogP contribution is 2.37. The van der Waals surface area contributed by atoms with Crippen molar-refractivity contribution < 1.29 is 8.42 Å². The van der Waals surface area contributed by atoms with Crippen LogP contribution in [-0.2, 0) is 17.1 Å². The van der Waals surface area contributed by atoms with E-state index in [1.54, 1.807) is 29.1 Å². The molecule has 0 bridgehead atoms. The van der Waals surface area contributed by atoms with Gasteiger partial charge in [-0.25, -0.2) is 8.42 Å². The first kappa shape index (κ1) is 17.6. The number of aryl methyl sites for hydroxylation is 1. The minimum Gasteiger partial charge on any atom is -0.311 e. The molecule has 126 valence electrons. The predicted octanol–water partition coefficient (Wildman–Crippen LogP) is 4.14. The molecular weight excluding hydrogens is 411 g/mol. The Morgan fingerprint density at radius 2 is 2.04 bits per heavy atom. The minimum absolute atomic E-state index is 0.0439. The average molecular weight is 421 g/mol. The van der Waals surface area contributed by atoms with E-state index in [4.69, 9.17) is 23.2 Å². The highest BCUT2D eigenvalue weighted by atomic mass is 35.5. The van der Waals surface area contributed by atoms with Crippen molar-refractivity contribution in [2.24, 2.45) is 7.05 Å². The molecule has 0 aliphatic heterocycles. The number of nitrogens with one attached hydrogen (secondary N) is 1. The van der Waals surface area contributed by atoms with Crippen molar-refractivity contribution in [2.45, 2.75) is 14.9 Å². The zero-order valence-electron chi connectivity index (χ0n) is 12.1. The van der Waals surface area contributed by atoms with Crippen molar-refractivity contribution in [3.8, 4) is 0 Å². The number of nitrogens with zero attached hydrogens (tertiary/aromatic N) is 3. The van der Waals surface area contributed by atoms with Crippen LogP contribution in [0.15, 0.2) is 51.6 Å². The standard InChI is InChI=1S/C13H10Cl2N4O2S3/c1-19-7-16-17-13(19)22-9-5-3-2-4-8(9)18-24(20,21)10-6-11(14)23-12(10)15/h2-7,18H,1H3. The van der Waals surface area contributed by atoms with E-state index >= 15 is 0 Å². The molecule has 0 amide bonds. The second kappa shape index (κ2) is 6.93. The van der Waals surface area contributed by atoms with Crippen LogP contribution >= 0.6 is 46.3 Å². The van der Waals surface area contributed by atoms with Crippen molar-refractivity contribution in [3.05, 3.63) is 45.3 Å². The fourth-order valence-electron chi connectivity index (χ4n) is 1.81. The molecular formula is C13H10Cl2N4O2S3. The third-order valence-electron chi connectivity index (χ3n) is 2.92. The molecule has 0 radical (unpaired) electrons. The monoisotopic (exact) mass is 420 g/mol. The zero-order valence-corrected chi connectivity index (χ0v) is 16.1. The topological polar surface area (TPSA) is 76.9 Å². The summed E-state index contributed by atoms with van der Waals surface area (Å²) in [7, 11) is -2.04. The van der Waals surface area contributed by atoms with Gasteiger partial charge in [0.2, 0.25) is 0 Å². The lowest BCUT2D eigenvalue weighted by molar-refractivity contribution is 0.601. The molecule has 11 heteroatoms. The van der Waals surface area contributed by atoms with Crippen LogP contribution < -0.4 is 4.72 Å². The fraction of sp³-hybridized carbons (Fsp3) is 0.0769. The molecule has 0 saturated heterocycles. The average Bonchev–Trinajstić information content (AvgIpc) is 3.07. The number of thiophene rings is 1. The van der Waals surface area contributed by atoms with E-state index in [9.17, 15) is 8.42 Å². The molecule has 6 nitrogen and oxygen atoms in total. The molecule has 1 N–H and O–H groups in total. The lowest BCUT2D eigenvalue weighted by Crippen LogP contribution is -2.13. The first-order valence-electron chi connectivity index (χ1n) is 6.45. The number of benzene rings is 1.